The molecule has 0 spiro atoms. The Bertz CT molecular complexity index is 875. The second kappa shape index (κ2) is 7.21. The van der Waals surface area contributed by atoms with Gasteiger partial charge in [-0.15, -0.1) is 0 Å². The number of ether oxygens (including phenoxy) is 1. The summed E-state index contributed by atoms with van der Waals surface area (Å²) >= 11 is 0. The molecule has 1 aromatic heterocycles. The Morgan fingerprint density at radius 2 is 1.79 bits per heavy atom. The van der Waals surface area contributed by atoms with Crippen LogP contribution in [0.5, 0.6) is 5.75 Å². The zero-order valence-electron chi connectivity index (χ0n) is 18.0. The summed E-state index contributed by atoms with van der Waals surface area (Å²) in [6, 6.07) is 5.94. The Kier molecular flexibility index (Phi) is 5.24. The molecule has 3 rings (SSSR count). The van der Waals surface area contributed by atoms with Crippen LogP contribution in [0, 0.1) is 26.2 Å². The summed E-state index contributed by atoms with van der Waals surface area (Å²) in [5, 5.41) is 8.14. The van der Waals surface area contributed by atoms with Crippen molar-refractivity contribution in [2.75, 3.05) is 4.90 Å². The largest absolute Gasteiger partial charge is 0.482 e. The van der Waals surface area contributed by atoms with E-state index in [9.17, 15) is 0 Å². The molecule has 0 bridgehead atoms. The maximum absolute atomic E-state index is 8.14. The molecule has 0 fully saturated rings. The molecule has 3 atom stereocenters. The average molecular weight is 381 g/mol. The average Bonchev–Trinajstić information content (AvgIpc) is 2.59. The van der Waals surface area contributed by atoms with Gasteiger partial charge in [-0.05, 0) is 61.4 Å². The maximum Gasteiger partial charge on any atom is 0.176 e. The SMILES string of the molecule is Cc1cnc2c(c1)OC(C(C)N)C(C=N)N2c1c(C)cc(C(C)(C)C)cc1C. The molecular formula is C23H32N4O. The quantitative estimate of drug-likeness (QED) is 0.765. The number of nitrogens with zero attached hydrogens (tertiary/aromatic N) is 2. The van der Waals surface area contributed by atoms with E-state index in [1.54, 1.807) is 0 Å². The van der Waals surface area contributed by atoms with Crippen LogP contribution in [0.15, 0.2) is 24.4 Å². The number of anilines is 2. The van der Waals surface area contributed by atoms with Crippen LogP contribution in [0.2, 0.25) is 0 Å². The maximum atomic E-state index is 8.14. The molecule has 0 amide bonds. The van der Waals surface area contributed by atoms with Gasteiger partial charge < -0.3 is 20.8 Å². The van der Waals surface area contributed by atoms with E-state index < -0.39 is 0 Å². The summed E-state index contributed by atoms with van der Waals surface area (Å²) in [5.41, 5.74) is 12.1. The van der Waals surface area contributed by atoms with Crippen LogP contribution in [0.3, 0.4) is 0 Å². The molecule has 0 saturated carbocycles. The van der Waals surface area contributed by atoms with Crippen molar-refractivity contribution in [1.29, 1.82) is 5.41 Å². The molecule has 28 heavy (non-hydrogen) atoms. The van der Waals surface area contributed by atoms with E-state index in [0.717, 1.165) is 33.9 Å². The summed E-state index contributed by atoms with van der Waals surface area (Å²) in [6.45, 7) is 14.9. The number of pyridine rings is 1. The van der Waals surface area contributed by atoms with E-state index in [4.69, 9.17) is 15.9 Å². The number of aryl methyl sites for hydroxylation is 3. The highest BCUT2D eigenvalue weighted by Gasteiger charge is 2.40. The first-order valence-electron chi connectivity index (χ1n) is 9.85. The van der Waals surface area contributed by atoms with Crippen LogP contribution in [-0.2, 0) is 5.41 Å². The number of hydrogen-bond donors (Lipinski definition) is 2. The Morgan fingerprint density at radius 3 is 2.29 bits per heavy atom. The van der Waals surface area contributed by atoms with E-state index in [0.29, 0.717) is 0 Å². The molecule has 0 saturated heterocycles. The van der Waals surface area contributed by atoms with Crippen molar-refractivity contribution in [1.82, 2.24) is 4.98 Å². The number of hydrogen-bond acceptors (Lipinski definition) is 5. The minimum Gasteiger partial charge on any atom is -0.482 e. The fourth-order valence-electron chi connectivity index (χ4n) is 3.92. The molecule has 150 valence electrons. The molecule has 1 aliphatic heterocycles. The van der Waals surface area contributed by atoms with Gasteiger partial charge in [0.15, 0.2) is 11.6 Å². The molecule has 5 nitrogen and oxygen atoms in total. The predicted octanol–water partition coefficient (Wildman–Crippen LogP) is 4.57. The van der Waals surface area contributed by atoms with E-state index in [2.05, 4.69) is 56.6 Å². The van der Waals surface area contributed by atoms with Crippen molar-refractivity contribution >= 4 is 17.7 Å². The van der Waals surface area contributed by atoms with Crippen LogP contribution in [0.1, 0.15) is 49.9 Å². The number of rotatable bonds is 3. The van der Waals surface area contributed by atoms with E-state index in [1.165, 1.54) is 11.8 Å². The highest BCUT2D eigenvalue weighted by molar-refractivity contribution is 5.82. The third kappa shape index (κ3) is 3.51. The summed E-state index contributed by atoms with van der Waals surface area (Å²) in [6.07, 6.45) is 2.95. The van der Waals surface area contributed by atoms with E-state index in [-0.39, 0.29) is 23.6 Å². The van der Waals surface area contributed by atoms with Crippen LogP contribution in [-0.4, -0.2) is 29.4 Å². The second-order valence-electron chi connectivity index (χ2n) is 9.01. The number of nitrogens with two attached hydrogens (primary N) is 1. The third-order valence-corrected chi connectivity index (χ3v) is 5.38. The number of fused-ring (bicyclic) bond motifs is 1. The summed E-state index contributed by atoms with van der Waals surface area (Å²) in [7, 11) is 0. The van der Waals surface area contributed by atoms with Crippen molar-refractivity contribution in [3.63, 3.8) is 0 Å². The van der Waals surface area contributed by atoms with Gasteiger partial charge in [0.2, 0.25) is 0 Å². The fraction of sp³-hybridized carbons (Fsp3) is 0.478. The van der Waals surface area contributed by atoms with Gasteiger partial charge in [-0.25, -0.2) is 4.98 Å². The monoisotopic (exact) mass is 380 g/mol. The smallest absolute Gasteiger partial charge is 0.176 e. The normalized spacial score (nSPS) is 20.4. The molecule has 5 heteroatoms. The highest BCUT2D eigenvalue weighted by atomic mass is 16.5. The van der Waals surface area contributed by atoms with E-state index in [1.807, 2.05) is 26.1 Å². The number of benzene rings is 1. The van der Waals surface area contributed by atoms with Gasteiger partial charge in [0, 0.05) is 24.1 Å². The lowest BCUT2D eigenvalue weighted by molar-refractivity contribution is 0.157. The first-order valence-corrected chi connectivity index (χ1v) is 9.85. The van der Waals surface area contributed by atoms with Gasteiger partial charge in [0.05, 0.1) is 0 Å². The van der Waals surface area contributed by atoms with Gasteiger partial charge in [-0.3, -0.25) is 0 Å². The van der Waals surface area contributed by atoms with Gasteiger partial charge in [0.1, 0.15) is 12.1 Å². The van der Waals surface area contributed by atoms with Crippen molar-refractivity contribution < 1.29 is 4.74 Å². The first-order chi connectivity index (χ1) is 13.0. The van der Waals surface area contributed by atoms with Gasteiger partial charge in [0.25, 0.3) is 0 Å². The van der Waals surface area contributed by atoms with Crippen molar-refractivity contribution in [2.24, 2.45) is 5.73 Å². The van der Waals surface area contributed by atoms with Crippen LogP contribution in [0.25, 0.3) is 0 Å². The fourth-order valence-corrected chi connectivity index (χ4v) is 3.92. The Hall–Kier alpha value is -2.40. The zero-order chi connectivity index (χ0) is 20.8. The molecule has 2 aromatic rings. The molecule has 0 radical (unpaired) electrons. The van der Waals surface area contributed by atoms with Gasteiger partial charge >= 0.3 is 0 Å². The predicted molar refractivity (Wildman–Crippen MR) is 116 cm³/mol. The molecule has 3 N–H and O–H groups in total. The number of aromatic nitrogens is 1. The summed E-state index contributed by atoms with van der Waals surface area (Å²) in [4.78, 5) is 6.81. The minimum atomic E-state index is -0.324. The van der Waals surface area contributed by atoms with Crippen molar-refractivity contribution in [2.45, 2.75) is 72.1 Å². The zero-order valence-corrected chi connectivity index (χ0v) is 18.0. The van der Waals surface area contributed by atoms with Crippen LogP contribution >= 0.6 is 0 Å². The van der Waals surface area contributed by atoms with Crippen molar-refractivity contribution in [3.05, 3.63) is 46.6 Å². The summed E-state index contributed by atoms with van der Waals surface area (Å²) in [5.74, 6) is 1.46. The summed E-state index contributed by atoms with van der Waals surface area (Å²) < 4.78 is 6.21. The highest BCUT2D eigenvalue weighted by Crippen LogP contribution is 2.43. The molecule has 0 aliphatic carbocycles. The Labute approximate surface area is 168 Å². The molecule has 1 aromatic carbocycles. The van der Waals surface area contributed by atoms with Crippen LogP contribution in [0.4, 0.5) is 11.5 Å². The lowest BCUT2D eigenvalue weighted by Gasteiger charge is -2.43. The molecule has 2 heterocycles. The topological polar surface area (TPSA) is 75.2 Å². The molecule has 3 unspecified atom stereocenters. The molecule has 1 aliphatic rings. The van der Waals surface area contributed by atoms with Gasteiger partial charge in [-0.2, -0.15) is 0 Å². The van der Waals surface area contributed by atoms with Gasteiger partial charge in [-0.1, -0.05) is 32.9 Å². The second-order valence-corrected chi connectivity index (χ2v) is 9.01. The third-order valence-electron chi connectivity index (χ3n) is 5.38. The Balaban J connectivity index is 2.25. The lowest BCUT2D eigenvalue weighted by atomic mass is 9.84. The lowest BCUT2D eigenvalue weighted by Crippen LogP contribution is -2.56. The van der Waals surface area contributed by atoms with Crippen LogP contribution < -0.4 is 15.4 Å². The van der Waals surface area contributed by atoms with E-state index >= 15 is 0 Å². The van der Waals surface area contributed by atoms with Crippen molar-refractivity contribution in [3.8, 4) is 5.75 Å². The number of nitrogens with one attached hydrogen (secondary N) is 1. The molecular weight excluding hydrogens is 348 g/mol. The standard InChI is InChI=1S/C23H32N4O/c1-13-8-19-22(26-12-13)27(18(11-24)21(28-19)16(4)25)20-14(2)9-17(10-15(20)3)23(5,6)7/h8-12,16,18,21,24H,25H2,1-7H3. The Morgan fingerprint density at radius 1 is 1.18 bits per heavy atom. The minimum absolute atomic E-state index is 0.0710. The first kappa shape index (κ1) is 20.3.